The molecule has 16 heavy (non-hydrogen) atoms. The van der Waals surface area contributed by atoms with Gasteiger partial charge in [-0.2, -0.15) is 0 Å². The second kappa shape index (κ2) is 9.73. The van der Waals surface area contributed by atoms with Gasteiger partial charge in [-0.3, -0.25) is 0 Å². The number of allylic oxidation sites excluding steroid dienone is 4. The van der Waals surface area contributed by atoms with Crippen molar-refractivity contribution >= 4 is 0 Å². The second-order valence-electron chi connectivity index (χ2n) is 4.03. The van der Waals surface area contributed by atoms with Gasteiger partial charge >= 0.3 is 21.7 Å². The molecule has 4 heteroatoms. The fourth-order valence-corrected chi connectivity index (χ4v) is 2.17. The predicted molar refractivity (Wildman–Crippen MR) is 56.6 cm³/mol. The van der Waals surface area contributed by atoms with Crippen LogP contribution < -0.4 is 24.8 Å². The Morgan fingerprint density at radius 1 is 0.938 bits per heavy atom. The molecule has 1 aliphatic rings. The molecular formula is C12H20Cl2OTi. The molecule has 0 bridgehead atoms. The van der Waals surface area contributed by atoms with E-state index in [1.54, 1.807) is 0 Å². The molecule has 0 atom stereocenters. The van der Waals surface area contributed by atoms with E-state index in [0.29, 0.717) is 12.5 Å². The average Bonchev–Trinajstić information content (AvgIpc) is 2.30. The monoisotopic (exact) mass is 298 g/mol. The number of rotatable bonds is 3. The van der Waals surface area contributed by atoms with Gasteiger partial charge in [-0.1, -0.05) is 11.1 Å². The van der Waals surface area contributed by atoms with Gasteiger partial charge in [0, 0.05) is 12.5 Å². The predicted octanol–water partition coefficient (Wildman–Crippen LogP) is -2.93. The number of hydrogen-bond acceptors (Lipinski definition) is 1. The largest absolute Gasteiger partial charge is 2.00 e. The van der Waals surface area contributed by atoms with Gasteiger partial charge in [-0.25, -0.2) is 0 Å². The minimum absolute atomic E-state index is 0. The Balaban J connectivity index is -0.000000563. The molecule has 1 nitrogen and oxygen atoms in total. The van der Waals surface area contributed by atoms with Gasteiger partial charge in [0.2, 0.25) is 0 Å². The molecule has 0 saturated heterocycles. The number of aliphatic hydroxyl groups is 1. The molecular weight excluding hydrogens is 279 g/mol. The quantitative estimate of drug-likeness (QED) is 0.553. The molecule has 0 amide bonds. The van der Waals surface area contributed by atoms with E-state index in [-0.39, 0.29) is 46.5 Å². The summed E-state index contributed by atoms with van der Waals surface area (Å²) >= 11 is 0. The summed E-state index contributed by atoms with van der Waals surface area (Å²) in [6.45, 7) is 9.16. The van der Waals surface area contributed by atoms with Gasteiger partial charge in [0.25, 0.3) is 0 Å². The summed E-state index contributed by atoms with van der Waals surface area (Å²) in [4.78, 5) is 0. The van der Waals surface area contributed by atoms with E-state index < -0.39 is 0 Å². The zero-order chi connectivity index (χ0) is 10.0. The van der Waals surface area contributed by atoms with E-state index in [0.717, 1.165) is 12.8 Å². The van der Waals surface area contributed by atoms with Crippen LogP contribution in [-0.2, 0) is 21.7 Å². The summed E-state index contributed by atoms with van der Waals surface area (Å²) in [7, 11) is 0. The minimum atomic E-state index is 0. The van der Waals surface area contributed by atoms with Crippen LogP contribution in [0.4, 0.5) is 0 Å². The van der Waals surface area contributed by atoms with E-state index in [4.69, 9.17) is 5.11 Å². The zero-order valence-corrected chi connectivity index (χ0v) is 13.5. The molecule has 0 fully saturated rings. The van der Waals surface area contributed by atoms with E-state index in [9.17, 15) is 0 Å². The number of aliphatic hydroxyl groups excluding tert-OH is 1. The molecule has 0 saturated carbocycles. The van der Waals surface area contributed by atoms with Gasteiger partial charge in [0.05, 0.1) is 0 Å². The third-order valence-electron chi connectivity index (χ3n) is 3.44. The molecule has 0 aromatic heterocycles. The summed E-state index contributed by atoms with van der Waals surface area (Å²) in [6, 6.07) is 0. The van der Waals surface area contributed by atoms with Crippen LogP contribution in [0.25, 0.3) is 0 Å². The Bertz CT molecular complexity index is 248. The Hall–Kier alpha value is 0.734. The Kier molecular flexibility index (Phi) is 13.4. The number of halogens is 2. The third kappa shape index (κ3) is 4.54. The van der Waals surface area contributed by atoms with Gasteiger partial charge in [0.15, 0.2) is 0 Å². The fraction of sp³-hybridized carbons (Fsp3) is 0.667. The third-order valence-corrected chi connectivity index (χ3v) is 3.44. The maximum absolute atomic E-state index is 8.80. The SMILES string of the molecule is CC1=C(C)C(CCCO)C(C)=C1C.[Cl-].[Cl-].[Ti+2]. The van der Waals surface area contributed by atoms with Crippen LogP contribution in [0.2, 0.25) is 0 Å². The van der Waals surface area contributed by atoms with Gasteiger partial charge < -0.3 is 29.9 Å². The van der Waals surface area contributed by atoms with Crippen LogP contribution in [0, 0.1) is 5.92 Å². The van der Waals surface area contributed by atoms with Crippen molar-refractivity contribution in [2.45, 2.75) is 40.5 Å². The second-order valence-corrected chi connectivity index (χ2v) is 4.03. The topological polar surface area (TPSA) is 20.2 Å². The summed E-state index contributed by atoms with van der Waals surface area (Å²) in [6.07, 6.45) is 2.02. The normalized spacial score (nSPS) is 15.6. The molecule has 0 radical (unpaired) electrons. The van der Waals surface area contributed by atoms with Crippen LogP contribution >= 0.6 is 0 Å². The van der Waals surface area contributed by atoms with Crippen molar-refractivity contribution in [3.05, 3.63) is 22.3 Å². The Morgan fingerprint density at radius 2 is 1.31 bits per heavy atom. The molecule has 92 valence electrons. The number of hydrogen-bond donors (Lipinski definition) is 1. The molecule has 0 heterocycles. The van der Waals surface area contributed by atoms with Crippen molar-refractivity contribution in [1.29, 1.82) is 0 Å². The maximum atomic E-state index is 8.80. The smallest absolute Gasteiger partial charge is 1.00 e. The Labute approximate surface area is 126 Å². The van der Waals surface area contributed by atoms with Crippen molar-refractivity contribution in [3.8, 4) is 0 Å². The molecule has 0 unspecified atom stereocenters. The summed E-state index contributed by atoms with van der Waals surface area (Å²) in [5.41, 5.74) is 5.92. The molecule has 0 aliphatic heterocycles. The standard InChI is InChI=1S/C12H20O.2ClH.Ti/c1-8-9(2)11(4)12(10(8)3)6-5-7-13;;;/h12-13H,5-7H2,1-4H3;2*1H;/q;;;+2/p-2. The van der Waals surface area contributed by atoms with Crippen molar-refractivity contribution in [1.82, 2.24) is 0 Å². The summed E-state index contributed by atoms with van der Waals surface area (Å²) in [5, 5.41) is 8.80. The van der Waals surface area contributed by atoms with Gasteiger partial charge in [-0.15, -0.1) is 0 Å². The van der Waals surface area contributed by atoms with Gasteiger partial charge in [-0.05, 0) is 51.7 Å². The van der Waals surface area contributed by atoms with Crippen LogP contribution in [0.15, 0.2) is 22.3 Å². The van der Waals surface area contributed by atoms with Crippen LogP contribution in [0.5, 0.6) is 0 Å². The molecule has 0 spiro atoms. The zero-order valence-electron chi connectivity index (χ0n) is 10.4. The summed E-state index contributed by atoms with van der Waals surface area (Å²) in [5.74, 6) is 0.604. The van der Waals surface area contributed by atoms with E-state index >= 15 is 0 Å². The molecule has 0 aromatic carbocycles. The van der Waals surface area contributed by atoms with Crippen LogP contribution in [0.3, 0.4) is 0 Å². The first-order valence-corrected chi connectivity index (χ1v) is 5.05. The van der Waals surface area contributed by atoms with Crippen molar-refractivity contribution in [2.75, 3.05) is 6.61 Å². The summed E-state index contributed by atoms with van der Waals surface area (Å²) < 4.78 is 0. The van der Waals surface area contributed by atoms with E-state index in [2.05, 4.69) is 27.7 Å². The van der Waals surface area contributed by atoms with Crippen LogP contribution in [-0.4, -0.2) is 11.7 Å². The van der Waals surface area contributed by atoms with Crippen molar-refractivity contribution in [2.24, 2.45) is 5.92 Å². The first-order valence-electron chi connectivity index (χ1n) is 5.05. The Morgan fingerprint density at radius 3 is 1.62 bits per heavy atom. The van der Waals surface area contributed by atoms with Crippen molar-refractivity contribution < 1.29 is 51.6 Å². The fourth-order valence-electron chi connectivity index (χ4n) is 2.17. The first kappa shape index (κ1) is 22.0. The molecule has 1 rings (SSSR count). The maximum Gasteiger partial charge on any atom is 2.00 e. The van der Waals surface area contributed by atoms with E-state index in [1.165, 1.54) is 22.3 Å². The van der Waals surface area contributed by atoms with E-state index in [1.807, 2.05) is 0 Å². The van der Waals surface area contributed by atoms with Crippen molar-refractivity contribution in [3.63, 3.8) is 0 Å². The minimum Gasteiger partial charge on any atom is -1.00 e. The molecule has 1 N–H and O–H groups in total. The first-order chi connectivity index (χ1) is 6.09. The van der Waals surface area contributed by atoms with Crippen LogP contribution in [0.1, 0.15) is 40.5 Å². The average molecular weight is 299 g/mol. The molecule has 1 aliphatic carbocycles. The van der Waals surface area contributed by atoms with Gasteiger partial charge in [0.1, 0.15) is 0 Å². The molecule has 0 aromatic rings.